The highest BCUT2D eigenvalue weighted by Gasteiger charge is 2.52. The summed E-state index contributed by atoms with van der Waals surface area (Å²) in [6.07, 6.45) is 1.55. The molecule has 2 amide bonds. The molecule has 8 nitrogen and oxygen atoms in total. The quantitative estimate of drug-likeness (QED) is 0.448. The van der Waals surface area contributed by atoms with Crippen LogP contribution in [0.1, 0.15) is 46.6 Å². The van der Waals surface area contributed by atoms with Crippen LogP contribution in [0.25, 0.3) is 0 Å². The van der Waals surface area contributed by atoms with E-state index in [0.29, 0.717) is 65.2 Å². The summed E-state index contributed by atoms with van der Waals surface area (Å²) < 4.78 is 6.21. The van der Waals surface area contributed by atoms with Gasteiger partial charge in [-0.25, -0.2) is 0 Å². The molecule has 0 aliphatic carbocycles. The van der Waals surface area contributed by atoms with Crippen LogP contribution in [0, 0.1) is 0 Å². The molecule has 1 saturated heterocycles. The number of amides is 2. The third-order valence-corrected chi connectivity index (χ3v) is 8.33. The van der Waals surface area contributed by atoms with E-state index < -0.39 is 11.3 Å². The molecule has 40 heavy (non-hydrogen) atoms. The average molecular weight is 584 g/mol. The van der Waals surface area contributed by atoms with Crippen molar-refractivity contribution >= 4 is 35.0 Å². The van der Waals surface area contributed by atoms with Gasteiger partial charge in [-0.05, 0) is 42.8 Å². The van der Waals surface area contributed by atoms with E-state index in [9.17, 15) is 14.7 Å². The lowest BCUT2D eigenvalue weighted by Crippen LogP contribution is -2.51. The normalized spacial score (nSPS) is 20.9. The monoisotopic (exact) mass is 582 g/mol. The molecule has 1 aromatic heterocycles. The van der Waals surface area contributed by atoms with Crippen molar-refractivity contribution in [2.24, 2.45) is 0 Å². The number of fused-ring (bicyclic) bond motifs is 1. The standard InChI is InChI=1S/C30H32Cl2N4O4/c1-20(37)35-14-12-34(13-15-35)19-29(2,39)22-6-11-27-26(16-22)28(38)36(18-25-10-9-24(32)17-33-25)30(27,40-3)21-4-7-23(31)8-5-21/h4-11,16-17,39H,12-15,18-19H2,1-3H3/t29?,30-/m1/s1. The second-order valence-electron chi connectivity index (χ2n) is 10.5. The van der Waals surface area contributed by atoms with Crippen LogP contribution in [0.5, 0.6) is 0 Å². The number of aromatic nitrogens is 1. The number of halogens is 2. The van der Waals surface area contributed by atoms with Crippen molar-refractivity contribution in [3.8, 4) is 0 Å². The summed E-state index contributed by atoms with van der Waals surface area (Å²) in [6, 6.07) is 16.2. The summed E-state index contributed by atoms with van der Waals surface area (Å²) >= 11 is 12.2. The van der Waals surface area contributed by atoms with Gasteiger partial charge in [-0.1, -0.05) is 47.5 Å². The van der Waals surface area contributed by atoms with E-state index in [1.807, 2.05) is 29.2 Å². The number of carbonyl (C=O) groups excluding carboxylic acids is 2. The molecule has 1 fully saturated rings. The van der Waals surface area contributed by atoms with Gasteiger partial charge >= 0.3 is 0 Å². The first-order valence-electron chi connectivity index (χ1n) is 13.1. The number of hydrogen-bond donors (Lipinski definition) is 1. The Bertz CT molecular complexity index is 1410. The number of nitrogens with zero attached hydrogens (tertiary/aromatic N) is 4. The Morgan fingerprint density at radius 2 is 1.73 bits per heavy atom. The van der Waals surface area contributed by atoms with Crippen LogP contribution >= 0.6 is 23.2 Å². The van der Waals surface area contributed by atoms with E-state index in [0.717, 1.165) is 5.56 Å². The third kappa shape index (κ3) is 5.22. The fourth-order valence-corrected chi connectivity index (χ4v) is 5.94. The molecule has 10 heteroatoms. The Hall–Kier alpha value is -3.01. The number of hydrogen-bond acceptors (Lipinski definition) is 6. The molecule has 210 valence electrons. The SMILES string of the molecule is CO[C@]1(c2ccc(Cl)cc2)c2ccc(C(C)(O)CN3CCN(C(C)=O)CC3)cc2C(=O)N1Cc1ccc(Cl)cn1. The molecule has 2 aliphatic heterocycles. The lowest BCUT2D eigenvalue weighted by molar-refractivity contribution is -0.131. The molecule has 2 aromatic carbocycles. The molecular formula is C30H32Cl2N4O4. The minimum atomic E-state index is -1.23. The first kappa shape index (κ1) is 28.5. The van der Waals surface area contributed by atoms with Gasteiger partial charge < -0.3 is 14.7 Å². The Kier molecular flexibility index (Phi) is 7.92. The van der Waals surface area contributed by atoms with Gasteiger partial charge in [0.15, 0.2) is 5.72 Å². The Morgan fingerprint density at radius 3 is 2.33 bits per heavy atom. The molecule has 0 bridgehead atoms. The number of β-amino-alcohol motifs (C(OH)–C–C–N with tert-alkyl or cyclic N) is 1. The number of piperazine rings is 1. The Balaban J connectivity index is 1.51. The molecule has 2 atom stereocenters. The molecule has 2 aliphatic rings. The zero-order valence-corrected chi connectivity index (χ0v) is 24.2. The first-order chi connectivity index (χ1) is 19.0. The predicted octanol–water partition coefficient (Wildman–Crippen LogP) is 4.26. The number of methoxy groups -OCH3 is 1. The van der Waals surface area contributed by atoms with Crippen molar-refractivity contribution in [3.05, 3.63) is 98.8 Å². The number of rotatable bonds is 7. The molecule has 3 heterocycles. The van der Waals surface area contributed by atoms with Crippen molar-refractivity contribution in [1.82, 2.24) is 19.7 Å². The molecule has 0 radical (unpaired) electrons. The zero-order valence-electron chi connectivity index (χ0n) is 22.7. The van der Waals surface area contributed by atoms with Crippen LogP contribution in [0.2, 0.25) is 10.0 Å². The summed E-state index contributed by atoms with van der Waals surface area (Å²) in [5.41, 5.74) is 0.679. The van der Waals surface area contributed by atoms with E-state index in [2.05, 4.69) is 9.88 Å². The van der Waals surface area contributed by atoms with Gasteiger partial charge in [0.1, 0.15) is 0 Å². The summed E-state index contributed by atoms with van der Waals surface area (Å²) in [6.45, 7) is 6.46. The molecule has 0 spiro atoms. The van der Waals surface area contributed by atoms with E-state index in [1.165, 1.54) is 0 Å². The van der Waals surface area contributed by atoms with Crippen LogP contribution in [0.3, 0.4) is 0 Å². The smallest absolute Gasteiger partial charge is 0.257 e. The Labute approximate surface area is 244 Å². The molecule has 3 aromatic rings. The van der Waals surface area contributed by atoms with Gasteiger partial charge in [-0.2, -0.15) is 0 Å². The number of carbonyl (C=O) groups is 2. The maximum absolute atomic E-state index is 14.1. The van der Waals surface area contributed by atoms with Crippen molar-refractivity contribution in [2.45, 2.75) is 31.7 Å². The lowest BCUT2D eigenvalue weighted by atomic mass is 9.88. The van der Waals surface area contributed by atoms with Gasteiger partial charge in [0.05, 0.1) is 22.9 Å². The van der Waals surface area contributed by atoms with E-state index >= 15 is 0 Å². The number of aliphatic hydroxyl groups is 1. The van der Waals surface area contributed by atoms with Crippen molar-refractivity contribution in [1.29, 1.82) is 0 Å². The molecular weight excluding hydrogens is 551 g/mol. The minimum absolute atomic E-state index is 0.0595. The molecule has 0 saturated carbocycles. The second kappa shape index (κ2) is 11.1. The fraction of sp³-hybridized carbons (Fsp3) is 0.367. The zero-order chi connectivity index (χ0) is 28.7. The fourth-order valence-electron chi connectivity index (χ4n) is 5.70. The largest absolute Gasteiger partial charge is 0.384 e. The summed E-state index contributed by atoms with van der Waals surface area (Å²) in [7, 11) is 1.57. The summed E-state index contributed by atoms with van der Waals surface area (Å²) in [5, 5.41) is 12.7. The average Bonchev–Trinajstić information content (AvgIpc) is 3.17. The highest BCUT2D eigenvalue weighted by Crippen LogP contribution is 2.46. The third-order valence-electron chi connectivity index (χ3n) is 7.85. The topological polar surface area (TPSA) is 86.2 Å². The highest BCUT2D eigenvalue weighted by atomic mass is 35.5. The lowest BCUT2D eigenvalue weighted by Gasteiger charge is -2.39. The number of ether oxygens (including phenoxy) is 1. The second-order valence-corrected chi connectivity index (χ2v) is 11.4. The predicted molar refractivity (Wildman–Crippen MR) is 153 cm³/mol. The van der Waals surface area contributed by atoms with Gasteiger partial charge in [-0.15, -0.1) is 0 Å². The maximum atomic E-state index is 14.1. The van der Waals surface area contributed by atoms with Gasteiger partial charge in [0, 0.05) is 74.7 Å². The van der Waals surface area contributed by atoms with E-state index in [4.69, 9.17) is 27.9 Å². The van der Waals surface area contributed by atoms with Crippen LogP contribution < -0.4 is 0 Å². The van der Waals surface area contributed by atoms with Crippen LogP contribution in [0.15, 0.2) is 60.8 Å². The maximum Gasteiger partial charge on any atom is 0.257 e. The Morgan fingerprint density at radius 1 is 1.05 bits per heavy atom. The van der Waals surface area contributed by atoms with Crippen LogP contribution in [-0.2, 0) is 27.4 Å². The first-order valence-corrected chi connectivity index (χ1v) is 13.9. The number of benzene rings is 2. The van der Waals surface area contributed by atoms with Crippen molar-refractivity contribution in [2.75, 3.05) is 39.8 Å². The molecule has 1 unspecified atom stereocenters. The van der Waals surface area contributed by atoms with Gasteiger partial charge in [0.25, 0.3) is 5.91 Å². The highest BCUT2D eigenvalue weighted by molar-refractivity contribution is 6.30. The van der Waals surface area contributed by atoms with Crippen molar-refractivity contribution < 1.29 is 19.4 Å². The van der Waals surface area contributed by atoms with Crippen molar-refractivity contribution in [3.63, 3.8) is 0 Å². The van der Waals surface area contributed by atoms with E-state index in [-0.39, 0.29) is 18.4 Å². The van der Waals surface area contributed by atoms with E-state index in [1.54, 1.807) is 62.4 Å². The number of pyridine rings is 1. The minimum Gasteiger partial charge on any atom is -0.384 e. The molecule has 5 rings (SSSR count). The van der Waals surface area contributed by atoms with Gasteiger partial charge in [0.2, 0.25) is 5.91 Å². The van der Waals surface area contributed by atoms with Crippen LogP contribution in [0.4, 0.5) is 0 Å². The van der Waals surface area contributed by atoms with Gasteiger partial charge in [-0.3, -0.25) is 24.4 Å². The molecule has 1 N–H and O–H groups in total. The van der Waals surface area contributed by atoms with Crippen LogP contribution in [-0.4, -0.2) is 76.4 Å². The summed E-state index contributed by atoms with van der Waals surface area (Å²) in [5.74, 6) is -0.180. The summed E-state index contributed by atoms with van der Waals surface area (Å²) in [4.78, 5) is 35.8.